The van der Waals surface area contributed by atoms with Crippen LogP contribution in [0, 0.1) is 0 Å². The fourth-order valence-electron chi connectivity index (χ4n) is 5.52. The molecule has 0 aliphatic heterocycles. The molecule has 0 spiro atoms. The first-order chi connectivity index (χ1) is 18.9. The first-order valence-electron chi connectivity index (χ1n) is 13.8. The molecule has 38 heavy (non-hydrogen) atoms. The highest BCUT2D eigenvalue weighted by Gasteiger charge is 2.19. The number of benzene rings is 4. The summed E-state index contributed by atoms with van der Waals surface area (Å²) in [5, 5.41) is 0. The van der Waals surface area contributed by atoms with E-state index in [-0.39, 0.29) is 0 Å². The standard InChI is InChI=1S/C36H34N2/c1-5-13-31(14-6-1)37(32-15-7-2-8-16-32)35-25-21-29(22-26-35)30-23-27-36(28-24-30)38(33-17-9-3-10-18-33)34-19-11-4-12-20-34/h1-3,5-9,13-17,19,21-28H,4,10-12,18,20H2. The van der Waals surface area contributed by atoms with Gasteiger partial charge in [-0.25, -0.2) is 0 Å². The molecule has 0 radical (unpaired) electrons. The molecular weight excluding hydrogens is 460 g/mol. The van der Waals surface area contributed by atoms with Crippen LogP contribution in [0.3, 0.4) is 0 Å². The van der Waals surface area contributed by atoms with E-state index >= 15 is 0 Å². The van der Waals surface area contributed by atoms with Crippen molar-refractivity contribution in [3.8, 4) is 11.1 Å². The Labute approximate surface area is 226 Å². The quantitative estimate of drug-likeness (QED) is 0.252. The molecule has 4 aromatic carbocycles. The summed E-state index contributed by atoms with van der Waals surface area (Å²) < 4.78 is 0. The van der Waals surface area contributed by atoms with Gasteiger partial charge < -0.3 is 9.80 Å². The summed E-state index contributed by atoms with van der Waals surface area (Å²) in [6.45, 7) is 0. The van der Waals surface area contributed by atoms with Crippen molar-refractivity contribution < 1.29 is 0 Å². The highest BCUT2D eigenvalue weighted by molar-refractivity contribution is 5.78. The van der Waals surface area contributed by atoms with Crippen molar-refractivity contribution in [1.29, 1.82) is 0 Å². The van der Waals surface area contributed by atoms with Crippen molar-refractivity contribution in [1.82, 2.24) is 0 Å². The summed E-state index contributed by atoms with van der Waals surface area (Å²) in [5.74, 6) is 0. The van der Waals surface area contributed by atoms with Crippen molar-refractivity contribution in [2.45, 2.75) is 38.5 Å². The van der Waals surface area contributed by atoms with E-state index in [1.807, 2.05) is 0 Å². The Morgan fingerprint density at radius 3 is 1.50 bits per heavy atom. The second-order valence-corrected chi connectivity index (χ2v) is 10.0. The normalized spacial score (nSPS) is 14.9. The third-order valence-electron chi connectivity index (χ3n) is 7.45. The zero-order valence-corrected chi connectivity index (χ0v) is 21.8. The maximum absolute atomic E-state index is 2.51. The van der Waals surface area contributed by atoms with E-state index in [9.17, 15) is 0 Å². The highest BCUT2D eigenvalue weighted by atomic mass is 15.2. The Morgan fingerprint density at radius 2 is 1.00 bits per heavy atom. The van der Waals surface area contributed by atoms with Crippen molar-refractivity contribution in [2.24, 2.45) is 0 Å². The number of allylic oxidation sites excluding steroid dienone is 6. The van der Waals surface area contributed by atoms with Gasteiger partial charge in [0.05, 0.1) is 0 Å². The highest BCUT2D eigenvalue weighted by Crippen LogP contribution is 2.37. The lowest BCUT2D eigenvalue weighted by molar-refractivity contribution is 0.680. The molecule has 0 aromatic heterocycles. The minimum atomic E-state index is 1.09. The molecule has 2 heteroatoms. The number of para-hydroxylation sites is 2. The van der Waals surface area contributed by atoms with Crippen molar-refractivity contribution in [2.75, 3.05) is 9.80 Å². The second kappa shape index (κ2) is 11.4. The molecule has 0 unspecified atom stereocenters. The summed E-state index contributed by atoms with van der Waals surface area (Å²) in [6, 6.07) is 39.2. The van der Waals surface area contributed by atoms with Gasteiger partial charge in [-0.2, -0.15) is 0 Å². The molecular formula is C36H34N2. The number of hydrogen-bond acceptors (Lipinski definition) is 2. The average Bonchev–Trinajstić information content (AvgIpc) is 3.00. The van der Waals surface area contributed by atoms with Crippen LogP contribution < -0.4 is 9.80 Å². The van der Waals surface area contributed by atoms with Gasteiger partial charge in [0.1, 0.15) is 0 Å². The van der Waals surface area contributed by atoms with Crippen LogP contribution in [-0.2, 0) is 0 Å². The van der Waals surface area contributed by atoms with E-state index in [1.165, 1.54) is 47.5 Å². The molecule has 0 N–H and O–H groups in total. The number of hydrogen-bond donors (Lipinski definition) is 0. The maximum Gasteiger partial charge on any atom is 0.0462 e. The van der Waals surface area contributed by atoms with Gasteiger partial charge in [-0.05, 0) is 104 Å². The molecule has 2 nitrogen and oxygen atoms in total. The van der Waals surface area contributed by atoms with E-state index in [0.29, 0.717) is 0 Å². The number of rotatable bonds is 7. The Kier molecular flexibility index (Phi) is 7.22. The Balaban J connectivity index is 1.29. The summed E-state index contributed by atoms with van der Waals surface area (Å²) in [6.07, 6.45) is 16.3. The zero-order valence-electron chi connectivity index (χ0n) is 21.8. The second-order valence-electron chi connectivity index (χ2n) is 10.0. The molecule has 0 amide bonds. The summed E-state index contributed by atoms with van der Waals surface area (Å²) in [7, 11) is 0. The van der Waals surface area contributed by atoms with Crippen LogP contribution in [0.4, 0.5) is 22.7 Å². The molecule has 4 aromatic rings. The third kappa shape index (κ3) is 5.21. The SMILES string of the molecule is C1=CCCC(N(C2=CCCCC2)c2ccc(-c3ccc(N(c4ccccc4)c4ccccc4)cc3)cc2)=C1. The van der Waals surface area contributed by atoms with Gasteiger partial charge in [0.25, 0.3) is 0 Å². The van der Waals surface area contributed by atoms with Gasteiger partial charge in [0, 0.05) is 34.1 Å². The Bertz CT molecular complexity index is 1390. The first kappa shape index (κ1) is 24.1. The van der Waals surface area contributed by atoms with Crippen molar-refractivity contribution in [3.05, 3.63) is 145 Å². The van der Waals surface area contributed by atoms with Crippen LogP contribution in [-0.4, -0.2) is 0 Å². The minimum absolute atomic E-state index is 1.09. The van der Waals surface area contributed by atoms with E-state index in [0.717, 1.165) is 36.3 Å². The zero-order chi connectivity index (χ0) is 25.6. The molecule has 6 rings (SSSR count). The van der Waals surface area contributed by atoms with Gasteiger partial charge in [-0.3, -0.25) is 0 Å². The van der Waals surface area contributed by atoms with Crippen LogP contribution in [0.25, 0.3) is 11.1 Å². The maximum atomic E-state index is 2.51. The lowest BCUT2D eigenvalue weighted by Gasteiger charge is -2.32. The summed E-state index contributed by atoms with van der Waals surface area (Å²) >= 11 is 0. The minimum Gasteiger partial charge on any atom is -0.318 e. The van der Waals surface area contributed by atoms with E-state index in [4.69, 9.17) is 0 Å². The lowest BCUT2D eigenvalue weighted by atomic mass is 9.99. The first-order valence-corrected chi connectivity index (χ1v) is 13.8. The van der Waals surface area contributed by atoms with E-state index in [1.54, 1.807) is 0 Å². The Hall–Kier alpha value is -4.30. The van der Waals surface area contributed by atoms with Crippen LogP contribution in [0.2, 0.25) is 0 Å². The fourth-order valence-corrected chi connectivity index (χ4v) is 5.52. The molecule has 0 saturated heterocycles. The van der Waals surface area contributed by atoms with Gasteiger partial charge in [0.15, 0.2) is 0 Å². The third-order valence-corrected chi connectivity index (χ3v) is 7.45. The topological polar surface area (TPSA) is 6.48 Å². The molecule has 0 bridgehead atoms. The lowest BCUT2D eigenvalue weighted by Crippen LogP contribution is -2.23. The molecule has 2 aliphatic rings. The summed E-state index contributed by atoms with van der Waals surface area (Å²) in [5.41, 5.74) is 10.0. The number of nitrogens with zero attached hydrogens (tertiary/aromatic N) is 2. The van der Waals surface area contributed by atoms with Crippen LogP contribution in [0.1, 0.15) is 38.5 Å². The molecule has 0 atom stereocenters. The van der Waals surface area contributed by atoms with Gasteiger partial charge in [-0.15, -0.1) is 0 Å². The monoisotopic (exact) mass is 494 g/mol. The predicted octanol–water partition coefficient (Wildman–Crippen LogP) is 10.3. The largest absolute Gasteiger partial charge is 0.318 e. The van der Waals surface area contributed by atoms with Crippen LogP contribution in [0.5, 0.6) is 0 Å². The molecule has 2 aliphatic carbocycles. The fraction of sp³-hybridized carbons (Fsp3) is 0.167. The van der Waals surface area contributed by atoms with E-state index < -0.39 is 0 Å². The smallest absolute Gasteiger partial charge is 0.0462 e. The molecule has 188 valence electrons. The van der Waals surface area contributed by atoms with Crippen LogP contribution in [0.15, 0.2) is 145 Å². The molecule has 0 fully saturated rings. The van der Waals surface area contributed by atoms with Gasteiger partial charge in [-0.1, -0.05) is 78.9 Å². The Morgan fingerprint density at radius 1 is 0.447 bits per heavy atom. The van der Waals surface area contributed by atoms with Crippen molar-refractivity contribution in [3.63, 3.8) is 0 Å². The van der Waals surface area contributed by atoms with Gasteiger partial charge >= 0.3 is 0 Å². The average molecular weight is 495 g/mol. The molecule has 0 saturated carbocycles. The van der Waals surface area contributed by atoms with Gasteiger partial charge in [0.2, 0.25) is 0 Å². The molecule has 0 heterocycles. The van der Waals surface area contributed by atoms with Crippen LogP contribution >= 0.6 is 0 Å². The predicted molar refractivity (Wildman–Crippen MR) is 162 cm³/mol. The van der Waals surface area contributed by atoms with E-state index in [2.05, 4.69) is 143 Å². The summed E-state index contributed by atoms with van der Waals surface area (Å²) in [4.78, 5) is 4.81. The number of anilines is 4. The van der Waals surface area contributed by atoms with Crippen molar-refractivity contribution >= 4 is 22.7 Å².